The van der Waals surface area contributed by atoms with Crippen molar-refractivity contribution in [2.45, 2.75) is 45.2 Å². The van der Waals surface area contributed by atoms with E-state index < -0.39 is 0 Å². The lowest BCUT2D eigenvalue weighted by Crippen LogP contribution is -2.60. The molecule has 5 heteroatoms. The zero-order chi connectivity index (χ0) is 23.4. The van der Waals surface area contributed by atoms with Gasteiger partial charge in [0, 0.05) is 43.0 Å². The monoisotopic (exact) mass is 438 g/mol. The number of carbonyl (C=O) groups excluding carboxylic acids is 1. The summed E-state index contributed by atoms with van der Waals surface area (Å²) in [5.41, 5.74) is 5.30. The fraction of sp³-hybridized carbons (Fsp3) is 0.321. The van der Waals surface area contributed by atoms with Crippen molar-refractivity contribution < 1.29 is 4.79 Å². The third-order valence-corrected chi connectivity index (χ3v) is 6.35. The number of aromatic nitrogens is 1. The number of carbonyl (C=O) groups is 1. The van der Waals surface area contributed by atoms with Crippen LogP contribution in [0.4, 0.5) is 5.69 Å². The Morgan fingerprint density at radius 1 is 1.15 bits per heavy atom. The zero-order valence-corrected chi connectivity index (χ0v) is 19.5. The fourth-order valence-corrected chi connectivity index (χ4v) is 4.79. The molecule has 2 unspecified atom stereocenters. The number of nitriles is 1. The molecule has 0 aliphatic carbocycles. The summed E-state index contributed by atoms with van der Waals surface area (Å²) in [6.07, 6.45) is 2.12. The highest BCUT2D eigenvalue weighted by atomic mass is 16.1. The fourth-order valence-electron chi connectivity index (χ4n) is 4.79. The van der Waals surface area contributed by atoms with Gasteiger partial charge in [0.15, 0.2) is 5.78 Å². The van der Waals surface area contributed by atoms with Gasteiger partial charge in [-0.2, -0.15) is 5.26 Å². The van der Waals surface area contributed by atoms with E-state index in [1.165, 1.54) is 0 Å². The van der Waals surface area contributed by atoms with Crippen molar-refractivity contribution in [1.29, 1.82) is 5.26 Å². The number of nitrogens with one attached hydrogen (secondary N) is 1. The SMILES string of the molecule is CC(C)c1cccc(N2CCNC(C)C2C(=O)Cc2ccccc2)c1-c1ncccc1C#N. The number of Topliss-reactive ketones (excluding diaryl/α,β-unsaturated/α-hetero) is 1. The topological polar surface area (TPSA) is 69.0 Å². The molecule has 2 atom stereocenters. The number of pyridine rings is 1. The van der Waals surface area contributed by atoms with Crippen molar-refractivity contribution in [3.05, 3.63) is 83.6 Å². The quantitative estimate of drug-likeness (QED) is 0.603. The average Bonchev–Trinajstić information content (AvgIpc) is 2.83. The predicted octanol–water partition coefficient (Wildman–Crippen LogP) is 4.72. The van der Waals surface area contributed by atoms with E-state index in [0.717, 1.165) is 28.9 Å². The van der Waals surface area contributed by atoms with Crippen LogP contribution in [0.2, 0.25) is 0 Å². The van der Waals surface area contributed by atoms with E-state index in [4.69, 9.17) is 0 Å². The molecule has 0 bridgehead atoms. The normalized spacial score (nSPS) is 18.2. The summed E-state index contributed by atoms with van der Waals surface area (Å²) in [6, 6.07) is 21.7. The Bertz CT molecular complexity index is 1170. The van der Waals surface area contributed by atoms with Crippen molar-refractivity contribution >= 4 is 11.5 Å². The van der Waals surface area contributed by atoms with E-state index in [-0.39, 0.29) is 23.8 Å². The van der Waals surface area contributed by atoms with Crippen LogP contribution in [0.15, 0.2) is 66.9 Å². The van der Waals surface area contributed by atoms with Crippen LogP contribution in [0.3, 0.4) is 0 Å². The summed E-state index contributed by atoms with van der Waals surface area (Å²) in [6.45, 7) is 7.87. The summed E-state index contributed by atoms with van der Waals surface area (Å²) in [7, 11) is 0. The zero-order valence-electron chi connectivity index (χ0n) is 19.5. The molecule has 1 aromatic heterocycles. The second-order valence-corrected chi connectivity index (χ2v) is 8.92. The molecule has 1 saturated heterocycles. The van der Waals surface area contributed by atoms with Gasteiger partial charge in [0.2, 0.25) is 0 Å². The summed E-state index contributed by atoms with van der Waals surface area (Å²) < 4.78 is 0. The Hall–Kier alpha value is -3.49. The van der Waals surface area contributed by atoms with E-state index in [2.05, 4.69) is 60.2 Å². The largest absolute Gasteiger partial charge is 0.358 e. The van der Waals surface area contributed by atoms with Gasteiger partial charge in [-0.25, -0.2) is 0 Å². The van der Waals surface area contributed by atoms with Crippen LogP contribution in [0.25, 0.3) is 11.3 Å². The lowest BCUT2D eigenvalue weighted by Gasteiger charge is -2.42. The van der Waals surface area contributed by atoms with Gasteiger partial charge in [0.1, 0.15) is 12.1 Å². The molecule has 0 amide bonds. The van der Waals surface area contributed by atoms with Crippen molar-refractivity contribution in [2.24, 2.45) is 0 Å². The van der Waals surface area contributed by atoms with Gasteiger partial charge in [-0.05, 0) is 42.2 Å². The maximum Gasteiger partial charge on any atom is 0.161 e. The standard InChI is InChI=1S/C28H30N4O/c1-19(2)23-12-7-13-24(26(23)27-22(18-29)11-8-14-31-27)32-16-15-30-20(3)28(32)25(33)17-21-9-5-4-6-10-21/h4-14,19-20,28,30H,15-17H2,1-3H3. The maximum absolute atomic E-state index is 13.6. The second kappa shape index (κ2) is 9.97. The van der Waals surface area contributed by atoms with Gasteiger partial charge in [-0.3, -0.25) is 9.78 Å². The minimum Gasteiger partial charge on any atom is -0.358 e. The average molecular weight is 439 g/mol. The molecular formula is C28H30N4O. The Kier molecular flexibility index (Phi) is 6.86. The van der Waals surface area contributed by atoms with E-state index >= 15 is 0 Å². The van der Waals surface area contributed by atoms with Crippen LogP contribution in [0.5, 0.6) is 0 Å². The van der Waals surface area contributed by atoms with Crippen LogP contribution >= 0.6 is 0 Å². The number of rotatable bonds is 6. The summed E-state index contributed by atoms with van der Waals surface area (Å²) in [5.74, 6) is 0.427. The first-order valence-corrected chi connectivity index (χ1v) is 11.6. The molecule has 1 aliphatic heterocycles. The van der Waals surface area contributed by atoms with Gasteiger partial charge in [0.25, 0.3) is 0 Å². The highest BCUT2D eigenvalue weighted by Gasteiger charge is 2.36. The number of hydrogen-bond acceptors (Lipinski definition) is 5. The van der Waals surface area contributed by atoms with Gasteiger partial charge >= 0.3 is 0 Å². The third-order valence-electron chi connectivity index (χ3n) is 6.35. The molecule has 1 N–H and O–H groups in total. The summed E-state index contributed by atoms with van der Waals surface area (Å²) >= 11 is 0. The second-order valence-electron chi connectivity index (χ2n) is 8.92. The molecule has 2 heterocycles. The molecule has 1 aliphatic rings. The molecule has 0 radical (unpaired) electrons. The first kappa shape index (κ1) is 22.7. The lowest BCUT2D eigenvalue weighted by atomic mass is 9.89. The van der Waals surface area contributed by atoms with Crippen LogP contribution in [-0.4, -0.2) is 35.9 Å². The Morgan fingerprint density at radius 2 is 1.94 bits per heavy atom. The predicted molar refractivity (Wildman–Crippen MR) is 132 cm³/mol. The van der Waals surface area contributed by atoms with Gasteiger partial charge in [0.05, 0.1) is 11.3 Å². The molecule has 168 valence electrons. The Balaban J connectivity index is 1.83. The number of nitrogens with zero attached hydrogens (tertiary/aromatic N) is 3. The summed E-state index contributed by atoms with van der Waals surface area (Å²) in [5, 5.41) is 13.3. The molecule has 3 aromatic rings. The minimum atomic E-state index is -0.311. The number of anilines is 1. The highest BCUT2D eigenvalue weighted by molar-refractivity contribution is 5.93. The molecule has 5 nitrogen and oxygen atoms in total. The summed E-state index contributed by atoms with van der Waals surface area (Å²) in [4.78, 5) is 20.5. The molecule has 33 heavy (non-hydrogen) atoms. The van der Waals surface area contributed by atoms with Gasteiger partial charge < -0.3 is 10.2 Å². The molecule has 4 rings (SSSR count). The van der Waals surface area contributed by atoms with Crippen molar-refractivity contribution in [2.75, 3.05) is 18.0 Å². The number of piperazine rings is 1. The third kappa shape index (κ3) is 4.67. The van der Waals surface area contributed by atoms with Crippen LogP contribution in [0, 0.1) is 11.3 Å². The smallest absolute Gasteiger partial charge is 0.161 e. The first-order valence-electron chi connectivity index (χ1n) is 11.6. The number of benzene rings is 2. The van der Waals surface area contributed by atoms with E-state index in [0.29, 0.717) is 24.2 Å². The number of ketones is 1. The van der Waals surface area contributed by atoms with E-state index in [1.807, 2.05) is 36.4 Å². The highest BCUT2D eigenvalue weighted by Crippen LogP contribution is 2.39. The molecule has 2 aromatic carbocycles. The van der Waals surface area contributed by atoms with Crippen molar-refractivity contribution in [3.63, 3.8) is 0 Å². The first-order chi connectivity index (χ1) is 16.0. The van der Waals surface area contributed by atoms with Crippen molar-refractivity contribution in [1.82, 2.24) is 10.3 Å². The minimum absolute atomic E-state index is 0.00434. The van der Waals surface area contributed by atoms with Crippen LogP contribution < -0.4 is 10.2 Å². The van der Waals surface area contributed by atoms with Crippen LogP contribution in [0.1, 0.15) is 43.4 Å². The number of hydrogen-bond donors (Lipinski definition) is 1. The van der Waals surface area contributed by atoms with E-state index in [9.17, 15) is 10.1 Å². The van der Waals surface area contributed by atoms with Crippen molar-refractivity contribution in [3.8, 4) is 17.3 Å². The molecule has 0 spiro atoms. The Labute approximate surface area is 196 Å². The molecular weight excluding hydrogens is 408 g/mol. The molecule has 1 fully saturated rings. The molecule has 0 saturated carbocycles. The van der Waals surface area contributed by atoms with Gasteiger partial charge in [-0.1, -0.05) is 56.3 Å². The van der Waals surface area contributed by atoms with Gasteiger partial charge in [-0.15, -0.1) is 0 Å². The lowest BCUT2D eigenvalue weighted by molar-refractivity contribution is -0.120. The Morgan fingerprint density at radius 3 is 2.67 bits per heavy atom. The van der Waals surface area contributed by atoms with Crippen LogP contribution in [-0.2, 0) is 11.2 Å². The maximum atomic E-state index is 13.6. The van der Waals surface area contributed by atoms with E-state index in [1.54, 1.807) is 12.3 Å².